The Morgan fingerprint density at radius 3 is 2.13 bits per heavy atom. The van der Waals surface area contributed by atoms with Gasteiger partial charge >= 0.3 is 0 Å². The first-order valence-corrected chi connectivity index (χ1v) is 6.14. The number of nitrogens with one attached hydrogen (secondary N) is 1. The fourth-order valence-corrected chi connectivity index (χ4v) is 1.86. The highest BCUT2D eigenvalue weighted by atomic mass is 16.5. The maximum absolute atomic E-state index is 5.76. The summed E-state index contributed by atoms with van der Waals surface area (Å²) in [5.41, 5.74) is 2.91. The van der Waals surface area contributed by atoms with Crippen molar-refractivity contribution in [3.8, 4) is 0 Å². The van der Waals surface area contributed by atoms with Gasteiger partial charge in [-0.15, -0.1) is 0 Å². The van der Waals surface area contributed by atoms with E-state index in [1.165, 1.54) is 6.42 Å². The monoisotopic (exact) mass is 216 g/mol. The molecular formula is C12H28N2O. The molecule has 0 spiro atoms. The van der Waals surface area contributed by atoms with E-state index in [2.05, 4.69) is 33.1 Å². The number of nitrogens with two attached hydrogens (primary N) is 1. The van der Waals surface area contributed by atoms with E-state index in [9.17, 15) is 0 Å². The summed E-state index contributed by atoms with van der Waals surface area (Å²) >= 11 is 0. The van der Waals surface area contributed by atoms with E-state index in [-0.39, 0.29) is 12.1 Å². The molecule has 0 heterocycles. The molecule has 0 saturated heterocycles. The predicted molar refractivity (Wildman–Crippen MR) is 65.4 cm³/mol. The molecule has 3 atom stereocenters. The molecule has 3 heteroatoms. The molecular weight excluding hydrogens is 188 g/mol. The first-order chi connectivity index (χ1) is 7.06. The van der Waals surface area contributed by atoms with Gasteiger partial charge in [-0.2, -0.15) is 0 Å². The minimum atomic E-state index is 0.217. The summed E-state index contributed by atoms with van der Waals surface area (Å²) in [6, 6.07) is 0.264. The first kappa shape index (κ1) is 14.9. The minimum Gasteiger partial charge on any atom is -0.377 e. The third-order valence-corrected chi connectivity index (χ3v) is 2.98. The van der Waals surface area contributed by atoms with Crippen molar-refractivity contribution in [2.75, 3.05) is 6.61 Å². The molecule has 0 fully saturated rings. The van der Waals surface area contributed by atoms with Crippen molar-refractivity contribution in [1.82, 2.24) is 5.43 Å². The Bertz CT molecular complexity index is 151. The molecule has 0 rings (SSSR count). The lowest BCUT2D eigenvalue weighted by Crippen LogP contribution is -2.48. The molecule has 0 saturated carbocycles. The SMILES string of the molecule is CCOC(C(C)C)C(CC(C)CC)NN. The van der Waals surface area contributed by atoms with Gasteiger partial charge in [-0.05, 0) is 25.2 Å². The highest BCUT2D eigenvalue weighted by molar-refractivity contribution is 4.79. The standard InChI is InChI=1S/C12H28N2O/c1-6-10(5)8-11(14-13)12(9(3)4)15-7-2/h9-12,14H,6-8,13H2,1-5H3. The molecule has 0 aromatic heterocycles. The van der Waals surface area contributed by atoms with Crippen molar-refractivity contribution in [2.45, 2.75) is 59.6 Å². The summed E-state index contributed by atoms with van der Waals surface area (Å²) in [5, 5.41) is 0. The number of rotatable bonds is 8. The van der Waals surface area contributed by atoms with Gasteiger partial charge in [-0.3, -0.25) is 11.3 Å². The Hall–Kier alpha value is -0.120. The van der Waals surface area contributed by atoms with Crippen molar-refractivity contribution in [1.29, 1.82) is 0 Å². The zero-order valence-electron chi connectivity index (χ0n) is 10.9. The zero-order valence-corrected chi connectivity index (χ0v) is 10.9. The summed E-state index contributed by atoms with van der Waals surface area (Å²) in [6.45, 7) is 11.6. The second-order valence-corrected chi connectivity index (χ2v) is 4.69. The quantitative estimate of drug-likeness (QED) is 0.483. The van der Waals surface area contributed by atoms with Gasteiger partial charge in [0.05, 0.1) is 6.10 Å². The molecule has 0 bridgehead atoms. The molecule has 0 aliphatic rings. The lowest BCUT2D eigenvalue weighted by molar-refractivity contribution is -0.00202. The summed E-state index contributed by atoms with van der Waals surface area (Å²) in [5.74, 6) is 6.80. The zero-order chi connectivity index (χ0) is 11.8. The van der Waals surface area contributed by atoms with Crippen LogP contribution < -0.4 is 11.3 Å². The van der Waals surface area contributed by atoms with Gasteiger partial charge in [-0.1, -0.05) is 34.1 Å². The molecule has 0 amide bonds. The van der Waals surface area contributed by atoms with Crippen molar-refractivity contribution in [2.24, 2.45) is 17.7 Å². The molecule has 0 aliphatic carbocycles. The predicted octanol–water partition coefficient (Wildman–Crippen LogP) is 2.32. The van der Waals surface area contributed by atoms with Crippen LogP contribution in [-0.4, -0.2) is 18.8 Å². The van der Waals surface area contributed by atoms with E-state index in [0.29, 0.717) is 11.8 Å². The van der Waals surface area contributed by atoms with Gasteiger partial charge in [0.25, 0.3) is 0 Å². The van der Waals surface area contributed by atoms with Crippen LogP contribution in [0.25, 0.3) is 0 Å². The van der Waals surface area contributed by atoms with Crippen molar-refractivity contribution in [3.63, 3.8) is 0 Å². The van der Waals surface area contributed by atoms with Gasteiger partial charge in [0.2, 0.25) is 0 Å². The van der Waals surface area contributed by atoms with Gasteiger partial charge in [-0.25, -0.2) is 0 Å². The first-order valence-electron chi connectivity index (χ1n) is 6.14. The minimum absolute atomic E-state index is 0.217. The summed E-state index contributed by atoms with van der Waals surface area (Å²) in [7, 11) is 0. The lowest BCUT2D eigenvalue weighted by atomic mass is 9.91. The molecule has 0 radical (unpaired) electrons. The molecule has 3 unspecified atom stereocenters. The Morgan fingerprint density at radius 2 is 1.80 bits per heavy atom. The van der Waals surface area contributed by atoms with E-state index in [1.54, 1.807) is 0 Å². The van der Waals surface area contributed by atoms with Crippen molar-refractivity contribution < 1.29 is 4.74 Å². The van der Waals surface area contributed by atoms with E-state index >= 15 is 0 Å². The Morgan fingerprint density at radius 1 is 1.20 bits per heavy atom. The van der Waals surface area contributed by atoms with Gasteiger partial charge < -0.3 is 4.74 Å². The van der Waals surface area contributed by atoms with Crippen LogP contribution in [0.4, 0.5) is 0 Å². The lowest BCUT2D eigenvalue weighted by Gasteiger charge is -2.31. The number of ether oxygens (including phenoxy) is 1. The third-order valence-electron chi connectivity index (χ3n) is 2.98. The van der Waals surface area contributed by atoms with Gasteiger partial charge in [0.1, 0.15) is 0 Å². The number of hydrogen-bond acceptors (Lipinski definition) is 3. The van der Waals surface area contributed by atoms with E-state index < -0.39 is 0 Å². The van der Waals surface area contributed by atoms with Crippen LogP contribution in [0.15, 0.2) is 0 Å². The second kappa shape index (κ2) is 8.08. The summed E-state index contributed by atoms with van der Waals surface area (Å²) in [6.07, 6.45) is 2.49. The van der Waals surface area contributed by atoms with Crippen LogP contribution in [0.1, 0.15) is 47.5 Å². The topological polar surface area (TPSA) is 47.3 Å². The normalized spacial score (nSPS) is 17.8. The Kier molecular flexibility index (Phi) is 8.02. The average Bonchev–Trinajstić information content (AvgIpc) is 2.22. The van der Waals surface area contributed by atoms with Crippen LogP contribution in [0, 0.1) is 11.8 Å². The number of hydrogen-bond donors (Lipinski definition) is 2. The number of hydrazine groups is 1. The summed E-state index contributed by atoms with van der Waals surface area (Å²) < 4.78 is 5.76. The molecule has 0 aromatic carbocycles. The molecule has 0 aliphatic heterocycles. The van der Waals surface area contributed by atoms with E-state index in [1.807, 2.05) is 6.92 Å². The third kappa shape index (κ3) is 5.50. The Balaban J connectivity index is 4.30. The smallest absolute Gasteiger partial charge is 0.0764 e. The molecule has 15 heavy (non-hydrogen) atoms. The molecule has 3 N–H and O–H groups in total. The van der Waals surface area contributed by atoms with Crippen LogP contribution in [-0.2, 0) is 4.74 Å². The average molecular weight is 216 g/mol. The summed E-state index contributed by atoms with van der Waals surface area (Å²) in [4.78, 5) is 0. The second-order valence-electron chi connectivity index (χ2n) is 4.69. The van der Waals surface area contributed by atoms with Crippen LogP contribution in [0.5, 0.6) is 0 Å². The van der Waals surface area contributed by atoms with E-state index in [4.69, 9.17) is 10.6 Å². The van der Waals surface area contributed by atoms with Gasteiger partial charge in [0, 0.05) is 12.6 Å². The van der Waals surface area contributed by atoms with Crippen LogP contribution in [0.2, 0.25) is 0 Å². The van der Waals surface area contributed by atoms with E-state index in [0.717, 1.165) is 13.0 Å². The molecule has 92 valence electrons. The highest BCUT2D eigenvalue weighted by Crippen LogP contribution is 2.18. The highest BCUT2D eigenvalue weighted by Gasteiger charge is 2.25. The maximum atomic E-state index is 5.76. The van der Waals surface area contributed by atoms with Gasteiger partial charge in [0.15, 0.2) is 0 Å². The fraction of sp³-hybridized carbons (Fsp3) is 1.00. The largest absolute Gasteiger partial charge is 0.377 e. The molecule has 0 aromatic rings. The Labute approximate surface area is 94.7 Å². The molecule has 3 nitrogen and oxygen atoms in total. The maximum Gasteiger partial charge on any atom is 0.0764 e. The fourth-order valence-electron chi connectivity index (χ4n) is 1.86. The van der Waals surface area contributed by atoms with Crippen molar-refractivity contribution >= 4 is 0 Å². The van der Waals surface area contributed by atoms with Crippen LogP contribution in [0.3, 0.4) is 0 Å². The van der Waals surface area contributed by atoms with Crippen LogP contribution >= 0.6 is 0 Å². The van der Waals surface area contributed by atoms with Crippen molar-refractivity contribution in [3.05, 3.63) is 0 Å².